The van der Waals surface area contributed by atoms with E-state index in [0.29, 0.717) is 12.2 Å². The largest absolute Gasteiger partial charge is 0.381 e. The van der Waals surface area contributed by atoms with E-state index in [-0.39, 0.29) is 11.4 Å². The molecule has 0 spiro atoms. The van der Waals surface area contributed by atoms with Gasteiger partial charge in [0.25, 0.3) is 5.91 Å². The van der Waals surface area contributed by atoms with Gasteiger partial charge >= 0.3 is 0 Å². The number of benzene rings is 2. The van der Waals surface area contributed by atoms with Crippen molar-refractivity contribution in [2.24, 2.45) is 5.73 Å². The Morgan fingerprint density at radius 2 is 1.95 bits per heavy atom. The van der Waals surface area contributed by atoms with Gasteiger partial charge in [0, 0.05) is 12.2 Å². The molecule has 0 saturated heterocycles. The molecule has 0 fully saturated rings. The van der Waals surface area contributed by atoms with Gasteiger partial charge < -0.3 is 11.1 Å². The third-order valence-corrected chi connectivity index (χ3v) is 2.62. The molecule has 0 aliphatic rings. The molecule has 19 heavy (non-hydrogen) atoms. The summed E-state index contributed by atoms with van der Waals surface area (Å²) in [6, 6.07) is 10.1. The van der Waals surface area contributed by atoms with E-state index in [9.17, 15) is 13.6 Å². The van der Waals surface area contributed by atoms with Crippen LogP contribution in [0.5, 0.6) is 0 Å². The van der Waals surface area contributed by atoms with Crippen LogP contribution in [0.25, 0.3) is 0 Å². The van der Waals surface area contributed by atoms with Crippen molar-refractivity contribution in [1.82, 2.24) is 0 Å². The Labute approximate surface area is 109 Å². The fourth-order valence-electron chi connectivity index (χ4n) is 1.68. The number of rotatable bonds is 4. The lowest BCUT2D eigenvalue weighted by Gasteiger charge is -2.08. The molecular formula is C14H12F2N2O. The molecule has 0 atom stereocenters. The zero-order valence-corrected chi connectivity index (χ0v) is 9.99. The average Bonchev–Trinajstić information content (AvgIpc) is 2.36. The number of amides is 1. The fraction of sp³-hybridized carbons (Fsp3) is 0.0714. The molecule has 1 amide bonds. The minimum absolute atomic E-state index is 0.156. The predicted molar refractivity (Wildman–Crippen MR) is 68.6 cm³/mol. The van der Waals surface area contributed by atoms with E-state index in [2.05, 4.69) is 5.32 Å². The van der Waals surface area contributed by atoms with Crippen LogP contribution in [0.1, 0.15) is 15.9 Å². The monoisotopic (exact) mass is 262 g/mol. The number of hydrogen-bond acceptors (Lipinski definition) is 2. The van der Waals surface area contributed by atoms with Crippen molar-refractivity contribution in [2.45, 2.75) is 6.54 Å². The molecule has 2 aromatic carbocycles. The molecule has 0 aromatic heterocycles. The Kier molecular flexibility index (Phi) is 3.75. The van der Waals surface area contributed by atoms with E-state index in [1.807, 2.05) is 0 Å². The van der Waals surface area contributed by atoms with Crippen molar-refractivity contribution in [2.75, 3.05) is 5.32 Å². The zero-order valence-electron chi connectivity index (χ0n) is 9.99. The van der Waals surface area contributed by atoms with Gasteiger partial charge in [-0.15, -0.1) is 0 Å². The number of halogens is 2. The fourth-order valence-corrected chi connectivity index (χ4v) is 1.68. The van der Waals surface area contributed by atoms with E-state index in [1.54, 1.807) is 18.2 Å². The van der Waals surface area contributed by atoms with E-state index >= 15 is 0 Å². The summed E-state index contributed by atoms with van der Waals surface area (Å²) in [6.07, 6.45) is 0. The summed E-state index contributed by atoms with van der Waals surface area (Å²) in [6.45, 7) is 0.354. The molecule has 2 aromatic rings. The molecule has 2 rings (SSSR count). The second-order valence-electron chi connectivity index (χ2n) is 4.04. The maximum atomic E-state index is 13.5. The Balaban J connectivity index is 2.08. The zero-order chi connectivity index (χ0) is 13.8. The van der Waals surface area contributed by atoms with Crippen LogP contribution in [-0.2, 0) is 6.54 Å². The molecule has 0 aliphatic carbocycles. The quantitative estimate of drug-likeness (QED) is 0.890. The molecule has 0 heterocycles. The maximum Gasteiger partial charge on any atom is 0.251 e. The van der Waals surface area contributed by atoms with Crippen molar-refractivity contribution in [1.29, 1.82) is 0 Å². The van der Waals surface area contributed by atoms with E-state index < -0.39 is 11.7 Å². The number of carbonyl (C=O) groups is 1. The SMILES string of the molecule is NC(=O)c1ccc(NCc2cccc(F)c2)cc1F. The molecule has 0 unspecified atom stereocenters. The third-order valence-electron chi connectivity index (χ3n) is 2.62. The molecule has 0 aliphatic heterocycles. The van der Waals surface area contributed by atoms with Crippen molar-refractivity contribution >= 4 is 11.6 Å². The summed E-state index contributed by atoms with van der Waals surface area (Å²) >= 11 is 0. The molecule has 3 nitrogen and oxygen atoms in total. The smallest absolute Gasteiger partial charge is 0.251 e. The second kappa shape index (κ2) is 5.48. The number of carbonyl (C=O) groups excluding carboxylic acids is 1. The first kappa shape index (κ1) is 13.0. The van der Waals surface area contributed by atoms with Gasteiger partial charge in [0.1, 0.15) is 11.6 Å². The highest BCUT2D eigenvalue weighted by atomic mass is 19.1. The molecule has 0 saturated carbocycles. The Morgan fingerprint density at radius 3 is 2.58 bits per heavy atom. The van der Waals surface area contributed by atoms with Crippen LogP contribution in [0, 0.1) is 11.6 Å². The first-order valence-corrected chi connectivity index (χ1v) is 5.64. The molecule has 0 radical (unpaired) electrons. The average molecular weight is 262 g/mol. The highest BCUT2D eigenvalue weighted by molar-refractivity contribution is 5.93. The molecule has 98 valence electrons. The van der Waals surface area contributed by atoms with Crippen molar-refractivity contribution in [3.05, 3.63) is 65.2 Å². The van der Waals surface area contributed by atoms with Gasteiger partial charge in [-0.05, 0) is 35.9 Å². The highest BCUT2D eigenvalue weighted by Crippen LogP contribution is 2.15. The lowest BCUT2D eigenvalue weighted by Crippen LogP contribution is -2.13. The Hall–Kier alpha value is -2.43. The van der Waals surface area contributed by atoms with Crippen molar-refractivity contribution in [3.63, 3.8) is 0 Å². The van der Waals surface area contributed by atoms with Crippen LogP contribution < -0.4 is 11.1 Å². The van der Waals surface area contributed by atoms with Crippen molar-refractivity contribution in [3.8, 4) is 0 Å². The van der Waals surface area contributed by atoms with Gasteiger partial charge in [-0.25, -0.2) is 8.78 Å². The maximum absolute atomic E-state index is 13.5. The van der Waals surface area contributed by atoms with Gasteiger partial charge in [-0.2, -0.15) is 0 Å². The number of primary amides is 1. The number of nitrogens with one attached hydrogen (secondary N) is 1. The van der Waals surface area contributed by atoms with Gasteiger partial charge in [0.05, 0.1) is 5.56 Å². The lowest BCUT2D eigenvalue weighted by molar-refractivity contribution is 0.0996. The summed E-state index contributed by atoms with van der Waals surface area (Å²) in [5.41, 5.74) is 6.08. The first-order valence-electron chi connectivity index (χ1n) is 5.64. The van der Waals surface area contributed by atoms with Crippen LogP contribution in [-0.4, -0.2) is 5.91 Å². The first-order chi connectivity index (χ1) is 9.06. The number of anilines is 1. The van der Waals surface area contributed by atoms with Gasteiger partial charge in [0.15, 0.2) is 0 Å². The summed E-state index contributed by atoms with van der Waals surface area (Å²) < 4.78 is 26.4. The van der Waals surface area contributed by atoms with Crippen LogP contribution in [0.2, 0.25) is 0 Å². The molecule has 3 N–H and O–H groups in total. The van der Waals surface area contributed by atoms with Crippen LogP contribution in [0.15, 0.2) is 42.5 Å². The van der Waals surface area contributed by atoms with E-state index in [4.69, 9.17) is 5.73 Å². The topological polar surface area (TPSA) is 55.1 Å². The summed E-state index contributed by atoms with van der Waals surface area (Å²) in [4.78, 5) is 10.9. The predicted octanol–water partition coefficient (Wildman–Crippen LogP) is 2.68. The van der Waals surface area contributed by atoms with Gasteiger partial charge in [-0.3, -0.25) is 4.79 Å². The van der Waals surface area contributed by atoms with Crippen LogP contribution in [0.4, 0.5) is 14.5 Å². The molecule has 0 bridgehead atoms. The lowest BCUT2D eigenvalue weighted by atomic mass is 10.1. The van der Waals surface area contributed by atoms with Crippen molar-refractivity contribution < 1.29 is 13.6 Å². The van der Waals surface area contributed by atoms with Gasteiger partial charge in [0.2, 0.25) is 0 Å². The van der Waals surface area contributed by atoms with Crippen LogP contribution >= 0.6 is 0 Å². The highest BCUT2D eigenvalue weighted by Gasteiger charge is 2.08. The summed E-state index contributed by atoms with van der Waals surface area (Å²) in [5, 5.41) is 2.94. The number of hydrogen-bond donors (Lipinski definition) is 2. The van der Waals surface area contributed by atoms with E-state index in [0.717, 1.165) is 5.56 Å². The molecular weight excluding hydrogens is 250 g/mol. The van der Waals surface area contributed by atoms with Gasteiger partial charge in [-0.1, -0.05) is 12.1 Å². The third kappa shape index (κ3) is 3.28. The Bertz CT molecular complexity index is 614. The van der Waals surface area contributed by atoms with Crippen LogP contribution in [0.3, 0.4) is 0 Å². The summed E-state index contributed by atoms with van der Waals surface area (Å²) in [5.74, 6) is -1.82. The minimum atomic E-state index is -0.811. The Morgan fingerprint density at radius 1 is 1.16 bits per heavy atom. The number of nitrogens with two attached hydrogens (primary N) is 1. The van der Waals surface area contributed by atoms with E-state index in [1.165, 1.54) is 24.3 Å². The normalized spacial score (nSPS) is 10.2. The second-order valence-corrected chi connectivity index (χ2v) is 4.04. The molecule has 5 heteroatoms. The standard InChI is InChI=1S/C14H12F2N2O/c15-10-3-1-2-9(6-10)8-18-11-4-5-12(14(17)19)13(16)7-11/h1-7,18H,8H2,(H2,17,19). The summed E-state index contributed by atoms with van der Waals surface area (Å²) in [7, 11) is 0. The minimum Gasteiger partial charge on any atom is -0.381 e.